The number of nitrogens with zero attached hydrogens (tertiary/aromatic N) is 2. The highest BCUT2D eigenvalue weighted by atomic mass is 19.4. The zero-order valence-corrected chi connectivity index (χ0v) is 13.7. The van der Waals surface area contributed by atoms with Gasteiger partial charge in [0.15, 0.2) is 0 Å². The topological polar surface area (TPSA) is 64.1 Å². The molecule has 1 heterocycles. The minimum atomic E-state index is -4.41. The first kappa shape index (κ1) is 17.7. The molecule has 5 nitrogen and oxygen atoms in total. The monoisotopic (exact) mass is 361 g/mol. The van der Waals surface area contributed by atoms with Gasteiger partial charge in [0.05, 0.1) is 17.7 Å². The van der Waals surface area contributed by atoms with Crippen molar-refractivity contribution in [3.63, 3.8) is 0 Å². The average Bonchev–Trinajstić information content (AvgIpc) is 2.61. The number of para-hydroxylation sites is 1. The SMILES string of the molecule is CCOC(=O)c1nc(Nc2ccc(C(F)(F)F)cc2)c2ccccc2n1. The van der Waals surface area contributed by atoms with Crippen molar-refractivity contribution in [3.05, 3.63) is 59.9 Å². The zero-order chi connectivity index (χ0) is 18.7. The minimum Gasteiger partial charge on any atom is -0.460 e. The lowest BCUT2D eigenvalue weighted by Gasteiger charge is -2.12. The van der Waals surface area contributed by atoms with Crippen molar-refractivity contribution < 1.29 is 22.7 Å². The largest absolute Gasteiger partial charge is 0.460 e. The fraction of sp³-hybridized carbons (Fsp3) is 0.167. The Bertz CT molecular complexity index is 941. The third-order valence-electron chi connectivity index (χ3n) is 3.54. The Kier molecular flexibility index (Phi) is 4.75. The maximum Gasteiger partial charge on any atom is 0.416 e. The number of carbonyl (C=O) groups is 1. The van der Waals surface area contributed by atoms with E-state index in [1.807, 2.05) is 0 Å². The van der Waals surface area contributed by atoms with Crippen molar-refractivity contribution in [2.45, 2.75) is 13.1 Å². The second kappa shape index (κ2) is 6.99. The van der Waals surface area contributed by atoms with Crippen LogP contribution in [0.25, 0.3) is 10.9 Å². The molecule has 0 aliphatic carbocycles. The summed E-state index contributed by atoms with van der Waals surface area (Å²) in [5.41, 5.74) is 0.166. The summed E-state index contributed by atoms with van der Waals surface area (Å²) >= 11 is 0. The molecule has 1 N–H and O–H groups in total. The number of fused-ring (bicyclic) bond motifs is 1. The predicted molar refractivity (Wildman–Crippen MR) is 90.2 cm³/mol. The Morgan fingerprint density at radius 2 is 1.77 bits per heavy atom. The number of anilines is 2. The van der Waals surface area contributed by atoms with Crippen LogP contribution in [-0.4, -0.2) is 22.5 Å². The lowest BCUT2D eigenvalue weighted by molar-refractivity contribution is -0.137. The number of aromatic nitrogens is 2. The number of halogens is 3. The smallest absolute Gasteiger partial charge is 0.416 e. The first-order chi connectivity index (χ1) is 12.4. The van der Waals surface area contributed by atoms with Gasteiger partial charge in [-0.1, -0.05) is 12.1 Å². The van der Waals surface area contributed by atoms with E-state index in [9.17, 15) is 18.0 Å². The van der Waals surface area contributed by atoms with E-state index in [0.717, 1.165) is 12.1 Å². The molecule has 2 aromatic carbocycles. The van der Waals surface area contributed by atoms with Gasteiger partial charge in [0.2, 0.25) is 5.82 Å². The molecule has 0 atom stereocenters. The highest BCUT2D eigenvalue weighted by molar-refractivity contribution is 5.95. The van der Waals surface area contributed by atoms with Crippen molar-refractivity contribution in [2.24, 2.45) is 0 Å². The Labute approximate surface area is 146 Å². The van der Waals surface area contributed by atoms with Crippen molar-refractivity contribution in [1.82, 2.24) is 9.97 Å². The fourth-order valence-electron chi connectivity index (χ4n) is 2.34. The van der Waals surface area contributed by atoms with E-state index in [-0.39, 0.29) is 12.4 Å². The van der Waals surface area contributed by atoms with Crippen LogP contribution in [-0.2, 0) is 10.9 Å². The van der Waals surface area contributed by atoms with Crippen LogP contribution in [0.5, 0.6) is 0 Å². The molecule has 8 heteroatoms. The number of rotatable bonds is 4. The normalized spacial score (nSPS) is 11.4. The summed E-state index contributed by atoms with van der Waals surface area (Å²) < 4.78 is 42.9. The number of benzene rings is 2. The number of nitrogens with one attached hydrogen (secondary N) is 1. The molecule has 0 aliphatic rings. The summed E-state index contributed by atoms with van der Waals surface area (Å²) in [5, 5.41) is 3.56. The van der Waals surface area contributed by atoms with Gasteiger partial charge in [-0.15, -0.1) is 0 Å². The first-order valence-corrected chi connectivity index (χ1v) is 7.76. The van der Waals surface area contributed by atoms with Crippen LogP contribution >= 0.6 is 0 Å². The number of carbonyl (C=O) groups excluding carboxylic acids is 1. The Morgan fingerprint density at radius 3 is 2.42 bits per heavy atom. The molecule has 0 saturated carbocycles. The number of alkyl halides is 3. The summed E-state index contributed by atoms with van der Waals surface area (Å²) in [6.07, 6.45) is -4.41. The van der Waals surface area contributed by atoms with E-state index in [1.165, 1.54) is 12.1 Å². The molecule has 134 valence electrons. The Balaban J connectivity index is 1.99. The second-order valence-electron chi connectivity index (χ2n) is 5.33. The molecule has 0 aliphatic heterocycles. The van der Waals surface area contributed by atoms with Gasteiger partial charge in [-0.3, -0.25) is 0 Å². The number of hydrogen-bond donors (Lipinski definition) is 1. The maximum atomic E-state index is 12.7. The standard InChI is InChI=1S/C18H14F3N3O2/c1-2-26-17(25)16-23-14-6-4-3-5-13(14)15(24-16)22-12-9-7-11(8-10-12)18(19,20)21/h3-10H,2H2,1H3,(H,22,23,24). The van der Waals surface area contributed by atoms with E-state index in [1.54, 1.807) is 31.2 Å². The van der Waals surface area contributed by atoms with E-state index >= 15 is 0 Å². The summed E-state index contributed by atoms with van der Waals surface area (Å²) in [6.45, 7) is 1.84. The molecular formula is C18H14F3N3O2. The van der Waals surface area contributed by atoms with Gasteiger partial charge in [0, 0.05) is 11.1 Å². The van der Waals surface area contributed by atoms with E-state index in [0.29, 0.717) is 22.4 Å². The van der Waals surface area contributed by atoms with Crippen LogP contribution in [0.1, 0.15) is 23.1 Å². The average molecular weight is 361 g/mol. The summed E-state index contributed by atoms with van der Waals surface area (Å²) in [7, 11) is 0. The molecule has 0 spiro atoms. The number of esters is 1. The Morgan fingerprint density at radius 1 is 1.08 bits per heavy atom. The third kappa shape index (κ3) is 3.74. The summed E-state index contributed by atoms with van der Waals surface area (Å²) in [5.74, 6) is -0.493. The van der Waals surface area contributed by atoms with Crippen LogP contribution in [0.2, 0.25) is 0 Å². The molecule has 0 unspecified atom stereocenters. The number of hydrogen-bond acceptors (Lipinski definition) is 5. The van der Waals surface area contributed by atoms with Gasteiger partial charge in [-0.2, -0.15) is 13.2 Å². The predicted octanol–water partition coefficient (Wildman–Crippen LogP) is 4.57. The molecular weight excluding hydrogens is 347 g/mol. The maximum absolute atomic E-state index is 12.7. The van der Waals surface area contributed by atoms with Gasteiger partial charge >= 0.3 is 12.1 Å². The van der Waals surface area contributed by atoms with E-state index < -0.39 is 17.7 Å². The van der Waals surface area contributed by atoms with Crippen molar-refractivity contribution >= 4 is 28.4 Å². The molecule has 0 radical (unpaired) electrons. The zero-order valence-electron chi connectivity index (χ0n) is 13.7. The highest BCUT2D eigenvalue weighted by Crippen LogP contribution is 2.31. The van der Waals surface area contributed by atoms with Gasteiger partial charge in [0.25, 0.3) is 0 Å². The van der Waals surface area contributed by atoms with Crippen molar-refractivity contribution in [2.75, 3.05) is 11.9 Å². The molecule has 1 aromatic heterocycles. The van der Waals surface area contributed by atoms with Gasteiger partial charge < -0.3 is 10.1 Å². The van der Waals surface area contributed by atoms with E-state index in [2.05, 4.69) is 15.3 Å². The molecule has 3 aromatic rings. The summed E-state index contributed by atoms with van der Waals surface area (Å²) in [4.78, 5) is 20.3. The lowest BCUT2D eigenvalue weighted by Crippen LogP contribution is -2.11. The first-order valence-electron chi connectivity index (χ1n) is 7.76. The molecule has 0 bridgehead atoms. The van der Waals surface area contributed by atoms with Crippen LogP contribution in [0.3, 0.4) is 0 Å². The second-order valence-corrected chi connectivity index (χ2v) is 5.33. The van der Waals surface area contributed by atoms with E-state index in [4.69, 9.17) is 4.74 Å². The molecule has 0 fully saturated rings. The third-order valence-corrected chi connectivity index (χ3v) is 3.54. The molecule has 26 heavy (non-hydrogen) atoms. The summed E-state index contributed by atoms with van der Waals surface area (Å²) in [6, 6.07) is 11.5. The quantitative estimate of drug-likeness (QED) is 0.690. The van der Waals surface area contributed by atoms with Crippen molar-refractivity contribution in [3.8, 4) is 0 Å². The highest BCUT2D eigenvalue weighted by Gasteiger charge is 2.30. The van der Waals surface area contributed by atoms with Crippen molar-refractivity contribution in [1.29, 1.82) is 0 Å². The molecule has 3 rings (SSSR count). The fourth-order valence-corrected chi connectivity index (χ4v) is 2.34. The van der Waals surface area contributed by atoms with Crippen LogP contribution in [0.4, 0.5) is 24.7 Å². The minimum absolute atomic E-state index is 0.125. The molecule has 0 amide bonds. The van der Waals surface area contributed by atoms with Crippen LogP contribution < -0.4 is 5.32 Å². The molecule has 0 saturated heterocycles. The van der Waals surface area contributed by atoms with Crippen LogP contribution in [0, 0.1) is 0 Å². The van der Waals surface area contributed by atoms with Gasteiger partial charge in [-0.05, 0) is 43.3 Å². The number of ether oxygens (including phenoxy) is 1. The Hall–Kier alpha value is -3.16. The van der Waals surface area contributed by atoms with Crippen LogP contribution in [0.15, 0.2) is 48.5 Å². The van der Waals surface area contributed by atoms with Gasteiger partial charge in [0.1, 0.15) is 5.82 Å². The lowest BCUT2D eigenvalue weighted by atomic mass is 10.2. The van der Waals surface area contributed by atoms with Gasteiger partial charge in [-0.25, -0.2) is 14.8 Å².